The molecule has 3 nitrogen and oxygen atoms in total. The molecule has 1 rings (SSSR count). The summed E-state index contributed by atoms with van der Waals surface area (Å²) in [4.78, 5) is 10.5. The molecule has 0 amide bonds. The number of carboxylic acid groups (broad SMARTS) is 1. The van der Waals surface area contributed by atoms with Gasteiger partial charge in [0, 0.05) is 0 Å². The van der Waals surface area contributed by atoms with Crippen LogP contribution in [-0.2, 0) is 4.79 Å². The van der Waals surface area contributed by atoms with E-state index < -0.39 is 12.1 Å². The van der Waals surface area contributed by atoms with E-state index in [1.54, 1.807) is 0 Å². The van der Waals surface area contributed by atoms with Crippen molar-refractivity contribution in [1.29, 1.82) is 0 Å². The first-order valence-electron chi connectivity index (χ1n) is 5.12. The van der Waals surface area contributed by atoms with E-state index in [0.717, 1.165) is 25.7 Å². The Hall–Kier alpha value is -0.570. The molecule has 0 heterocycles. The number of rotatable bonds is 2. The summed E-state index contributed by atoms with van der Waals surface area (Å²) in [6.07, 6.45) is 6.35. The number of carboxylic acids is 1. The fraction of sp³-hybridized carbons (Fsp3) is 0.900. The molecule has 1 aliphatic carbocycles. The van der Waals surface area contributed by atoms with E-state index in [1.165, 1.54) is 19.3 Å². The van der Waals surface area contributed by atoms with Crippen LogP contribution >= 0.6 is 0 Å². The summed E-state index contributed by atoms with van der Waals surface area (Å²) in [5, 5.41) is 18.0. The Morgan fingerprint density at radius 3 is 2.00 bits per heavy atom. The highest BCUT2D eigenvalue weighted by molar-refractivity contribution is 5.72. The summed E-state index contributed by atoms with van der Waals surface area (Å²) in [6, 6.07) is 0. The molecule has 0 bridgehead atoms. The second-order valence-corrected chi connectivity index (χ2v) is 3.89. The van der Waals surface area contributed by atoms with Crippen LogP contribution in [0.1, 0.15) is 44.9 Å². The monoisotopic (exact) mass is 186 g/mol. The van der Waals surface area contributed by atoms with Gasteiger partial charge >= 0.3 is 5.97 Å². The first-order chi connectivity index (χ1) is 6.22. The highest BCUT2D eigenvalue weighted by Crippen LogP contribution is 2.24. The molecule has 13 heavy (non-hydrogen) atoms. The first kappa shape index (κ1) is 10.5. The molecular weight excluding hydrogens is 168 g/mol. The van der Waals surface area contributed by atoms with Crippen molar-refractivity contribution in [2.75, 3.05) is 0 Å². The van der Waals surface area contributed by atoms with Crippen molar-refractivity contribution >= 4 is 5.97 Å². The zero-order valence-corrected chi connectivity index (χ0v) is 7.91. The van der Waals surface area contributed by atoms with Crippen LogP contribution in [0.4, 0.5) is 0 Å². The van der Waals surface area contributed by atoms with Gasteiger partial charge in [0.05, 0.1) is 0 Å². The third-order valence-corrected chi connectivity index (χ3v) is 2.85. The third-order valence-electron chi connectivity index (χ3n) is 2.85. The molecule has 0 aliphatic heterocycles. The average molecular weight is 186 g/mol. The second kappa shape index (κ2) is 5.22. The molecule has 0 aromatic heterocycles. The summed E-state index contributed by atoms with van der Waals surface area (Å²) in [7, 11) is 0. The standard InChI is InChI=1S/C10H18O3/c11-9(10(12)13)8-6-4-2-1-3-5-7-8/h8-9,11H,1-7H2,(H,12,13). The Kier molecular flexibility index (Phi) is 4.22. The van der Waals surface area contributed by atoms with Gasteiger partial charge in [-0.3, -0.25) is 0 Å². The Morgan fingerprint density at radius 2 is 1.54 bits per heavy atom. The Labute approximate surface area is 78.8 Å². The van der Waals surface area contributed by atoms with Gasteiger partial charge in [-0.05, 0) is 18.8 Å². The molecule has 0 aromatic rings. The Bertz CT molecular complexity index is 160. The number of carbonyl (C=O) groups is 1. The van der Waals surface area contributed by atoms with Crippen LogP contribution in [0.2, 0.25) is 0 Å². The molecule has 1 unspecified atom stereocenters. The van der Waals surface area contributed by atoms with Gasteiger partial charge < -0.3 is 10.2 Å². The minimum atomic E-state index is -1.14. The van der Waals surface area contributed by atoms with Gasteiger partial charge in [0.25, 0.3) is 0 Å². The maximum Gasteiger partial charge on any atom is 0.332 e. The molecule has 0 saturated heterocycles. The largest absolute Gasteiger partial charge is 0.479 e. The highest BCUT2D eigenvalue weighted by Gasteiger charge is 2.25. The van der Waals surface area contributed by atoms with E-state index in [2.05, 4.69) is 0 Å². The van der Waals surface area contributed by atoms with Crippen molar-refractivity contribution in [3.05, 3.63) is 0 Å². The maximum atomic E-state index is 10.5. The zero-order chi connectivity index (χ0) is 9.68. The molecule has 3 heteroatoms. The van der Waals surface area contributed by atoms with Crippen LogP contribution in [0.25, 0.3) is 0 Å². The average Bonchev–Trinajstić information content (AvgIpc) is 2.02. The minimum Gasteiger partial charge on any atom is -0.479 e. The lowest BCUT2D eigenvalue weighted by Gasteiger charge is -2.21. The van der Waals surface area contributed by atoms with Gasteiger partial charge in [-0.15, -0.1) is 0 Å². The molecule has 0 spiro atoms. The van der Waals surface area contributed by atoms with Gasteiger partial charge in [0.1, 0.15) is 0 Å². The zero-order valence-electron chi connectivity index (χ0n) is 7.91. The van der Waals surface area contributed by atoms with Crippen molar-refractivity contribution in [2.45, 2.75) is 51.0 Å². The van der Waals surface area contributed by atoms with Gasteiger partial charge in [-0.2, -0.15) is 0 Å². The number of aliphatic hydroxyl groups is 1. The van der Waals surface area contributed by atoms with Gasteiger partial charge in [-0.1, -0.05) is 32.1 Å². The number of aliphatic hydroxyl groups excluding tert-OH is 1. The van der Waals surface area contributed by atoms with Crippen LogP contribution in [0.5, 0.6) is 0 Å². The molecule has 0 aromatic carbocycles. The lowest BCUT2D eigenvalue weighted by atomic mass is 9.87. The van der Waals surface area contributed by atoms with Crippen molar-refractivity contribution in [1.82, 2.24) is 0 Å². The topological polar surface area (TPSA) is 57.5 Å². The molecule has 76 valence electrons. The lowest BCUT2D eigenvalue weighted by Crippen LogP contribution is -2.29. The van der Waals surface area contributed by atoms with E-state index in [4.69, 9.17) is 5.11 Å². The first-order valence-corrected chi connectivity index (χ1v) is 5.12. The fourth-order valence-corrected chi connectivity index (χ4v) is 2.01. The van der Waals surface area contributed by atoms with Crippen LogP contribution in [0, 0.1) is 5.92 Å². The smallest absolute Gasteiger partial charge is 0.332 e. The van der Waals surface area contributed by atoms with E-state index >= 15 is 0 Å². The summed E-state index contributed by atoms with van der Waals surface area (Å²) in [5.41, 5.74) is 0. The third kappa shape index (κ3) is 3.35. The van der Waals surface area contributed by atoms with Gasteiger partial charge in [0.15, 0.2) is 6.10 Å². The number of hydrogen-bond acceptors (Lipinski definition) is 2. The summed E-state index contributed by atoms with van der Waals surface area (Å²) >= 11 is 0. The molecule has 1 saturated carbocycles. The molecule has 2 N–H and O–H groups in total. The van der Waals surface area contributed by atoms with Crippen molar-refractivity contribution in [2.24, 2.45) is 5.92 Å². The highest BCUT2D eigenvalue weighted by atomic mass is 16.4. The molecule has 1 atom stereocenters. The quantitative estimate of drug-likeness (QED) is 0.691. The molecule has 1 fully saturated rings. The maximum absolute atomic E-state index is 10.5. The molecular formula is C10H18O3. The summed E-state index contributed by atoms with van der Waals surface area (Å²) in [5.74, 6) is -1.08. The van der Waals surface area contributed by atoms with Crippen molar-refractivity contribution in [3.8, 4) is 0 Å². The normalized spacial score (nSPS) is 23.2. The predicted octanol–water partition coefficient (Wildman–Crippen LogP) is 1.79. The lowest BCUT2D eigenvalue weighted by molar-refractivity contribution is -0.150. The Morgan fingerprint density at radius 1 is 1.08 bits per heavy atom. The second-order valence-electron chi connectivity index (χ2n) is 3.89. The van der Waals surface area contributed by atoms with Crippen molar-refractivity contribution in [3.63, 3.8) is 0 Å². The molecule has 1 aliphatic rings. The summed E-state index contributed by atoms with van der Waals surface area (Å²) < 4.78 is 0. The van der Waals surface area contributed by atoms with Gasteiger partial charge in [0.2, 0.25) is 0 Å². The Balaban J connectivity index is 2.40. The number of hydrogen-bond donors (Lipinski definition) is 2. The van der Waals surface area contributed by atoms with Crippen LogP contribution in [0.3, 0.4) is 0 Å². The predicted molar refractivity (Wildman–Crippen MR) is 49.5 cm³/mol. The van der Waals surface area contributed by atoms with E-state index in [1.807, 2.05) is 0 Å². The molecule has 0 radical (unpaired) electrons. The van der Waals surface area contributed by atoms with Crippen LogP contribution in [-0.4, -0.2) is 22.3 Å². The summed E-state index contributed by atoms with van der Waals surface area (Å²) in [6.45, 7) is 0. The van der Waals surface area contributed by atoms with E-state index in [0.29, 0.717) is 0 Å². The van der Waals surface area contributed by atoms with Gasteiger partial charge in [-0.25, -0.2) is 4.79 Å². The number of aliphatic carboxylic acids is 1. The van der Waals surface area contributed by atoms with E-state index in [-0.39, 0.29) is 5.92 Å². The van der Waals surface area contributed by atoms with E-state index in [9.17, 15) is 9.90 Å². The minimum absolute atomic E-state index is 0.0159. The fourth-order valence-electron chi connectivity index (χ4n) is 2.01. The van der Waals surface area contributed by atoms with Crippen molar-refractivity contribution < 1.29 is 15.0 Å². The van der Waals surface area contributed by atoms with Crippen LogP contribution in [0.15, 0.2) is 0 Å². The SMILES string of the molecule is O=C(O)C(O)C1CCCCCCC1. The van der Waals surface area contributed by atoms with Crippen LogP contribution < -0.4 is 0 Å².